The van der Waals surface area contributed by atoms with E-state index in [9.17, 15) is 8.42 Å². The summed E-state index contributed by atoms with van der Waals surface area (Å²) in [5, 5.41) is 9.13. The van der Waals surface area contributed by atoms with Crippen LogP contribution < -0.4 is 14.4 Å². The van der Waals surface area contributed by atoms with E-state index in [0.29, 0.717) is 28.5 Å². The van der Waals surface area contributed by atoms with Gasteiger partial charge in [-0.25, -0.2) is 8.42 Å². The Labute approximate surface area is 189 Å². The van der Waals surface area contributed by atoms with Crippen LogP contribution in [0.1, 0.15) is 18.1 Å². The second kappa shape index (κ2) is 10.2. The van der Waals surface area contributed by atoms with Crippen molar-refractivity contribution in [2.24, 2.45) is 0 Å². The van der Waals surface area contributed by atoms with Gasteiger partial charge < -0.3 is 14.4 Å². The average Bonchev–Trinajstić information content (AvgIpc) is 2.82. The van der Waals surface area contributed by atoms with Gasteiger partial charge in [-0.3, -0.25) is 0 Å². The summed E-state index contributed by atoms with van der Waals surface area (Å²) in [4.78, 5) is 2.32. The second-order valence-electron chi connectivity index (χ2n) is 7.42. The summed E-state index contributed by atoms with van der Waals surface area (Å²) in [5.41, 5.74) is 2.31. The number of sulfone groups is 1. The van der Waals surface area contributed by atoms with Crippen molar-refractivity contribution < 1.29 is 17.9 Å². The van der Waals surface area contributed by atoms with Crippen LogP contribution in [0.25, 0.3) is 0 Å². The summed E-state index contributed by atoms with van der Waals surface area (Å²) < 4.78 is 36.8. The van der Waals surface area contributed by atoms with Gasteiger partial charge in [-0.1, -0.05) is 24.3 Å². The van der Waals surface area contributed by atoms with Crippen molar-refractivity contribution in [1.82, 2.24) is 0 Å². The molecule has 6 nitrogen and oxygen atoms in total. The Morgan fingerprint density at radius 3 is 2.19 bits per heavy atom. The predicted octanol–water partition coefficient (Wildman–Crippen LogP) is 4.44. The third-order valence-corrected chi connectivity index (χ3v) is 7.14. The minimum absolute atomic E-state index is 0.0513. The van der Waals surface area contributed by atoms with Gasteiger partial charge in [0.2, 0.25) is 0 Å². The lowest BCUT2D eigenvalue weighted by molar-refractivity contribution is 0.354. The lowest BCUT2D eigenvalue weighted by Crippen LogP contribution is -2.37. The van der Waals surface area contributed by atoms with Gasteiger partial charge in [-0.05, 0) is 61.0 Å². The van der Waals surface area contributed by atoms with E-state index < -0.39 is 9.84 Å². The third kappa shape index (κ3) is 5.40. The highest BCUT2D eigenvalue weighted by Gasteiger charge is 2.24. The molecule has 0 aromatic heterocycles. The van der Waals surface area contributed by atoms with Crippen LogP contribution in [0.5, 0.6) is 11.5 Å². The maximum absolute atomic E-state index is 13.0. The fourth-order valence-electron chi connectivity index (χ4n) is 3.54. The Balaban J connectivity index is 1.94. The third-order valence-electron chi connectivity index (χ3n) is 5.22. The highest BCUT2D eigenvalue weighted by atomic mass is 32.2. The number of methoxy groups -OCH3 is 2. The zero-order valence-electron chi connectivity index (χ0n) is 18.4. The Morgan fingerprint density at radius 1 is 0.938 bits per heavy atom. The van der Waals surface area contributed by atoms with Gasteiger partial charge in [0.05, 0.1) is 36.5 Å². The Bertz CT molecular complexity index is 1190. The number of rotatable bonds is 9. The molecule has 7 heteroatoms. The molecule has 0 radical (unpaired) electrons. The summed E-state index contributed by atoms with van der Waals surface area (Å²) in [6, 6.07) is 23.0. The first-order chi connectivity index (χ1) is 15.4. The van der Waals surface area contributed by atoms with Crippen LogP contribution >= 0.6 is 0 Å². The zero-order valence-corrected chi connectivity index (χ0v) is 19.2. The van der Waals surface area contributed by atoms with E-state index in [4.69, 9.17) is 14.7 Å². The summed E-state index contributed by atoms with van der Waals surface area (Å²) in [6.07, 6.45) is 0. The van der Waals surface area contributed by atoms with Gasteiger partial charge in [0.1, 0.15) is 0 Å². The van der Waals surface area contributed by atoms with E-state index in [2.05, 4.69) is 6.07 Å². The standard InChI is InChI=1S/C25H26N2O4S/c1-19(18-32(28,29)23-7-5-4-6-8-23)27(22-12-9-20(16-26)10-13-22)17-21-11-14-24(30-2)25(15-21)31-3/h4-15,19H,17-18H2,1-3H3/t19-/m0/s1. The molecular formula is C25H26N2O4S. The maximum Gasteiger partial charge on any atom is 0.180 e. The van der Waals surface area contributed by atoms with E-state index >= 15 is 0 Å². The van der Waals surface area contributed by atoms with Gasteiger partial charge in [0, 0.05) is 18.3 Å². The summed E-state index contributed by atoms with van der Waals surface area (Å²) in [7, 11) is -0.321. The molecule has 0 fully saturated rings. The summed E-state index contributed by atoms with van der Waals surface area (Å²) in [5.74, 6) is 1.18. The Hall–Kier alpha value is -3.50. The quantitative estimate of drug-likeness (QED) is 0.479. The van der Waals surface area contributed by atoms with E-state index in [-0.39, 0.29) is 11.8 Å². The number of ether oxygens (including phenoxy) is 2. The van der Waals surface area contributed by atoms with Gasteiger partial charge >= 0.3 is 0 Å². The van der Waals surface area contributed by atoms with Gasteiger partial charge in [0.25, 0.3) is 0 Å². The molecule has 0 amide bonds. The molecule has 0 unspecified atom stereocenters. The number of hydrogen-bond donors (Lipinski definition) is 0. The molecule has 0 saturated heterocycles. The number of nitrogens with zero attached hydrogens (tertiary/aromatic N) is 2. The predicted molar refractivity (Wildman–Crippen MR) is 125 cm³/mol. The van der Waals surface area contributed by atoms with Crippen molar-refractivity contribution in [2.75, 3.05) is 24.9 Å². The van der Waals surface area contributed by atoms with E-state index in [1.54, 1.807) is 56.7 Å². The summed E-state index contributed by atoms with van der Waals surface area (Å²) in [6.45, 7) is 2.34. The number of benzene rings is 3. The molecule has 0 spiro atoms. The molecule has 166 valence electrons. The fourth-order valence-corrected chi connectivity index (χ4v) is 5.12. The van der Waals surface area contributed by atoms with Crippen molar-refractivity contribution in [1.29, 1.82) is 5.26 Å². The van der Waals surface area contributed by atoms with Crippen LogP contribution in [0.15, 0.2) is 77.7 Å². The van der Waals surface area contributed by atoms with Crippen LogP contribution in [-0.2, 0) is 16.4 Å². The Kier molecular flexibility index (Phi) is 7.39. The normalized spacial score (nSPS) is 11.9. The van der Waals surface area contributed by atoms with E-state index in [0.717, 1.165) is 11.3 Å². The molecule has 0 aliphatic heterocycles. The highest BCUT2D eigenvalue weighted by Crippen LogP contribution is 2.30. The van der Waals surface area contributed by atoms with Gasteiger partial charge in [0.15, 0.2) is 21.3 Å². The van der Waals surface area contributed by atoms with Crippen molar-refractivity contribution in [3.8, 4) is 17.6 Å². The van der Waals surface area contributed by atoms with Crippen molar-refractivity contribution in [2.45, 2.75) is 24.4 Å². The largest absolute Gasteiger partial charge is 0.493 e. The summed E-state index contributed by atoms with van der Waals surface area (Å²) >= 11 is 0. The van der Waals surface area contributed by atoms with Crippen molar-refractivity contribution in [3.05, 3.63) is 83.9 Å². The van der Waals surface area contributed by atoms with Gasteiger partial charge in [-0.2, -0.15) is 5.26 Å². The van der Waals surface area contributed by atoms with E-state index in [1.807, 2.05) is 42.2 Å². The molecule has 0 saturated carbocycles. The van der Waals surface area contributed by atoms with Crippen LogP contribution in [0.2, 0.25) is 0 Å². The topological polar surface area (TPSA) is 79.6 Å². The van der Waals surface area contributed by atoms with Crippen LogP contribution in [-0.4, -0.2) is 34.4 Å². The molecule has 0 bridgehead atoms. The van der Waals surface area contributed by atoms with E-state index in [1.165, 1.54) is 0 Å². The first-order valence-corrected chi connectivity index (χ1v) is 11.8. The molecule has 3 aromatic carbocycles. The molecular weight excluding hydrogens is 424 g/mol. The molecule has 0 N–H and O–H groups in total. The Morgan fingerprint density at radius 2 is 1.59 bits per heavy atom. The molecule has 3 rings (SSSR count). The molecule has 3 aromatic rings. The first kappa shape index (κ1) is 23.2. The molecule has 32 heavy (non-hydrogen) atoms. The minimum Gasteiger partial charge on any atom is -0.493 e. The van der Waals surface area contributed by atoms with Crippen LogP contribution in [0.3, 0.4) is 0 Å². The lowest BCUT2D eigenvalue weighted by Gasteiger charge is -2.31. The van der Waals surface area contributed by atoms with Crippen molar-refractivity contribution in [3.63, 3.8) is 0 Å². The number of hydrogen-bond acceptors (Lipinski definition) is 6. The maximum atomic E-state index is 13.0. The first-order valence-electron chi connectivity index (χ1n) is 10.1. The molecule has 1 atom stereocenters. The molecule has 0 aliphatic rings. The van der Waals surface area contributed by atoms with Crippen molar-refractivity contribution >= 4 is 15.5 Å². The highest BCUT2D eigenvalue weighted by molar-refractivity contribution is 7.91. The lowest BCUT2D eigenvalue weighted by atomic mass is 10.1. The van der Waals surface area contributed by atoms with Crippen LogP contribution in [0.4, 0.5) is 5.69 Å². The average molecular weight is 451 g/mol. The van der Waals surface area contributed by atoms with Crippen LogP contribution in [0, 0.1) is 11.3 Å². The smallest absolute Gasteiger partial charge is 0.180 e. The molecule has 0 aliphatic carbocycles. The zero-order chi connectivity index (χ0) is 23.1. The second-order valence-corrected chi connectivity index (χ2v) is 9.45. The van der Waals surface area contributed by atoms with Gasteiger partial charge in [-0.15, -0.1) is 0 Å². The monoisotopic (exact) mass is 450 g/mol. The minimum atomic E-state index is -3.48. The number of nitriles is 1. The number of anilines is 1. The fraction of sp³-hybridized carbons (Fsp3) is 0.240. The molecule has 0 heterocycles. The SMILES string of the molecule is COc1ccc(CN(c2ccc(C#N)cc2)[C@@H](C)CS(=O)(=O)c2ccccc2)cc1OC.